The number of carbonyl (C=O) groups is 1. The molecule has 0 radical (unpaired) electrons. The summed E-state index contributed by atoms with van der Waals surface area (Å²) in [5.74, 6) is 1.59. The molecule has 1 aliphatic heterocycles. The molecular formula is C15H20N4O2S. The third kappa shape index (κ3) is 3.53. The molecule has 3 rings (SSSR count). The Bertz CT molecular complexity index is 639. The van der Waals surface area contributed by atoms with Gasteiger partial charge in [0, 0.05) is 18.6 Å². The minimum absolute atomic E-state index is 0.0516. The molecule has 1 amide bonds. The maximum atomic E-state index is 11.9. The number of thiophene rings is 1. The summed E-state index contributed by atoms with van der Waals surface area (Å²) in [6.45, 7) is 7.92. The average Bonchev–Trinajstić information content (AvgIpc) is 3.01. The minimum atomic E-state index is -0.191. The van der Waals surface area contributed by atoms with Crippen LogP contribution in [-0.4, -0.2) is 46.1 Å². The first-order valence-electron chi connectivity index (χ1n) is 7.31. The number of nitrogens with zero attached hydrogens (tertiary/aromatic N) is 3. The van der Waals surface area contributed by atoms with Gasteiger partial charge in [-0.15, -0.1) is 11.3 Å². The molecule has 0 unspecified atom stereocenters. The standard InChI is InChI=1S/C15H20N4O2S/c1-15(2,3)17-12(20)9-19-7-10(8-19)14-16-13(18-21-14)11-5-4-6-22-11/h4-6,10H,7-9H2,1-3H3,(H,17,20). The van der Waals surface area contributed by atoms with Gasteiger partial charge in [-0.3, -0.25) is 9.69 Å². The summed E-state index contributed by atoms with van der Waals surface area (Å²) in [6, 6.07) is 3.94. The first-order valence-corrected chi connectivity index (χ1v) is 8.19. The lowest BCUT2D eigenvalue weighted by Gasteiger charge is -2.37. The van der Waals surface area contributed by atoms with E-state index in [4.69, 9.17) is 4.52 Å². The van der Waals surface area contributed by atoms with E-state index in [-0.39, 0.29) is 17.4 Å². The predicted octanol–water partition coefficient (Wildman–Crippen LogP) is 2.11. The maximum Gasteiger partial charge on any atom is 0.234 e. The Hall–Kier alpha value is -1.73. The van der Waals surface area contributed by atoms with E-state index in [1.54, 1.807) is 11.3 Å². The highest BCUT2D eigenvalue weighted by Crippen LogP contribution is 2.28. The van der Waals surface area contributed by atoms with Gasteiger partial charge in [0.05, 0.1) is 17.3 Å². The van der Waals surface area contributed by atoms with Crippen LogP contribution in [0.4, 0.5) is 0 Å². The Labute approximate surface area is 133 Å². The molecule has 0 atom stereocenters. The molecule has 1 N–H and O–H groups in total. The zero-order valence-electron chi connectivity index (χ0n) is 13.0. The average molecular weight is 320 g/mol. The summed E-state index contributed by atoms with van der Waals surface area (Å²) in [5.41, 5.74) is -0.191. The number of aromatic nitrogens is 2. The number of rotatable bonds is 4. The molecule has 0 aliphatic carbocycles. The van der Waals surface area contributed by atoms with Crippen molar-refractivity contribution in [3.8, 4) is 10.7 Å². The minimum Gasteiger partial charge on any atom is -0.350 e. The van der Waals surface area contributed by atoms with Gasteiger partial charge in [0.1, 0.15) is 0 Å². The van der Waals surface area contributed by atoms with Crippen LogP contribution in [0.15, 0.2) is 22.0 Å². The zero-order valence-corrected chi connectivity index (χ0v) is 13.8. The summed E-state index contributed by atoms with van der Waals surface area (Å²) in [6.07, 6.45) is 0. The van der Waals surface area contributed by atoms with E-state index in [2.05, 4.69) is 20.4 Å². The third-order valence-electron chi connectivity index (χ3n) is 3.37. The second kappa shape index (κ2) is 5.81. The summed E-state index contributed by atoms with van der Waals surface area (Å²) < 4.78 is 5.34. The smallest absolute Gasteiger partial charge is 0.234 e. The molecule has 2 aromatic heterocycles. The molecule has 7 heteroatoms. The first-order chi connectivity index (χ1) is 10.4. The lowest BCUT2D eigenvalue weighted by Crippen LogP contribution is -2.52. The van der Waals surface area contributed by atoms with Crippen molar-refractivity contribution in [1.82, 2.24) is 20.4 Å². The van der Waals surface area contributed by atoms with Gasteiger partial charge in [-0.05, 0) is 32.2 Å². The van der Waals surface area contributed by atoms with E-state index in [9.17, 15) is 4.79 Å². The van der Waals surface area contributed by atoms with Gasteiger partial charge < -0.3 is 9.84 Å². The van der Waals surface area contributed by atoms with Crippen molar-refractivity contribution in [2.75, 3.05) is 19.6 Å². The van der Waals surface area contributed by atoms with Gasteiger partial charge in [-0.25, -0.2) is 0 Å². The lowest BCUT2D eigenvalue weighted by atomic mass is 10.00. The first kappa shape index (κ1) is 15.2. The van der Waals surface area contributed by atoms with Gasteiger partial charge in [0.2, 0.25) is 17.6 Å². The summed E-state index contributed by atoms with van der Waals surface area (Å²) in [4.78, 5) is 19.4. The van der Waals surface area contributed by atoms with Gasteiger partial charge in [0.25, 0.3) is 0 Å². The Morgan fingerprint density at radius 3 is 2.91 bits per heavy atom. The van der Waals surface area contributed by atoms with Gasteiger partial charge >= 0.3 is 0 Å². The quantitative estimate of drug-likeness (QED) is 0.934. The Morgan fingerprint density at radius 2 is 2.27 bits per heavy atom. The van der Waals surface area contributed by atoms with Crippen LogP contribution in [0.2, 0.25) is 0 Å². The molecule has 3 heterocycles. The van der Waals surface area contributed by atoms with Crippen molar-refractivity contribution < 1.29 is 9.32 Å². The van der Waals surface area contributed by atoms with Gasteiger partial charge in [0.15, 0.2) is 0 Å². The lowest BCUT2D eigenvalue weighted by molar-refractivity contribution is -0.124. The van der Waals surface area contributed by atoms with E-state index in [0.717, 1.165) is 18.0 Å². The molecule has 1 aliphatic rings. The summed E-state index contributed by atoms with van der Waals surface area (Å²) >= 11 is 1.59. The second-order valence-corrected chi connectivity index (χ2v) is 7.57. The van der Waals surface area contributed by atoms with Gasteiger partial charge in [-0.2, -0.15) is 4.98 Å². The Kier molecular flexibility index (Phi) is 4.01. The highest BCUT2D eigenvalue weighted by atomic mass is 32.1. The van der Waals surface area contributed by atoms with Crippen molar-refractivity contribution in [2.45, 2.75) is 32.2 Å². The highest BCUT2D eigenvalue weighted by Gasteiger charge is 2.34. The van der Waals surface area contributed by atoms with E-state index >= 15 is 0 Å². The van der Waals surface area contributed by atoms with Crippen LogP contribution in [0.25, 0.3) is 10.7 Å². The molecular weight excluding hydrogens is 300 g/mol. The van der Waals surface area contributed by atoms with Gasteiger partial charge in [-0.1, -0.05) is 11.2 Å². The molecule has 0 saturated carbocycles. The van der Waals surface area contributed by atoms with Crippen LogP contribution in [0.1, 0.15) is 32.6 Å². The fourth-order valence-electron chi connectivity index (χ4n) is 2.42. The molecule has 2 aromatic rings. The van der Waals surface area contributed by atoms with Crippen molar-refractivity contribution in [2.24, 2.45) is 0 Å². The topological polar surface area (TPSA) is 71.3 Å². The monoisotopic (exact) mass is 320 g/mol. The molecule has 0 spiro atoms. The van der Waals surface area contributed by atoms with Crippen LogP contribution < -0.4 is 5.32 Å². The fraction of sp³-hybridized carbons (Fsp3) is 0.533. The molecule has 118 valence electrons. The molecule has 1 fully saturated rings. The molecule has 0 bridgehead atoms. The maximum absolute atomic E-state index is 11.9. The van der Waals surface area contributed by atoms with Crippen LogP contribution in [-0.2, 0) is 4.79 Å². The van der Waals surface area contributed by atoms with Crippen LogP contribution >= 0.6 is 11.3 Å². The molecule has 6 nitrogen and oxygen atoms in total. The SMILES string of the molecule is CC(C)(C)NC(=O)CN1CC(c2nc(-c3cccs3)no2)C1. The number of hydrogen-bond acceptors (Lipinski definition) is 6. The van der Waals surface area contributed by atoms with Crippen molar-refractivity contribution >= 4 is 17.2 Å². The van der Waals surface area contributed by atoms with Crippen molar-refractivity contribution in [3.05, 3.63) is 23.4 Å². The van der Waals surface area contributed by atoms with E-state index in [0.29, 0.717) is 18.3 Å². The van der Waals surface area contributed by atoms with E-state index in [1.165, 1.54) is 0 Å². The third-order valence-corrected chi connectivity index (χ3v) is 4.24. The predicted molar refractivity (Wildman–Crippen MR) is 84.7 cm³/mol. The van der Waals surface area contributed by atoms with Crippen molar-refractivity contribution in [1.29, 1.82) is 0 Å². The normalized spacial score (nSPS) is 16.5. The number of hydrogen-bond donors (Lipinski definition) is 1. The highest BCUT2D eigenvalue weighted by molar-refractivity contribution is 7.13. The number of likely N-dealkylation sites (tertiary alicyclic amines) is 1. The van der Waals surface area contributed by atoms with Crippen LogP contribution in [0, 0.1) is 0 Å². The Morgan fingerprint density at radius 1 is 1.50 bits per heavy atom. The van der Waals surface area contributed by atoms with Crippen LogP contribution in [0.5, 0.6) is 0 Å². The number of carbonyl (C=O) groups excluding carboxylic acids is 1. The summed E-state index contributed by atoms with van der Waals surface area (Å²) in [7, 11) is 0. The summed E-state index contributed by atoms with van der Waals surface area (Å²) in [5, 5.41) is 8.98. The fourth-order valence-corrected chi connectivity index (χ4v) is 3.07. The molecule has 22 heavy (non-hydrogen) atoms. The number of nitrogens with one attached hydrogen (secondary N) is 1. The molecule has 1 saturated heterocycles. The van der Waals surface area contributed by atoms with E-state index < -0.39 is 0 Å². The van der Waals surface area contributed by atoms with Crippen molar-refractivity contribution in [3.63, 3.8) is 0 Å². The molecule has 0 aromatic carbocycles. The largest absolute Gasteiger partial charge is 0.350 e. The second-order valence-electron chi connectivity index (χ2n) is 6.62. The number of amides is 1. The zero-order chi connectivity index (χ0) is 15.7. The van der Waals surface area contributed by atoms with Crippen LogP contribution in [0.3, 0.4) is 0 Å². The Balaban J connectivity index is 1.50. The van der Waals surface area contributed by atoms with E-state index in [1.807, 2.05) is 38.3 Å².